The van der Waals surface area contributed by atoms with Crippen molar-refractivity contribution in [1.29, 1.82) is 0 Å². The van der Waals surface area contributed by atoms with Gasteiger partial charge in [-0.1, -0.05) is 42.5 Å². The summed E-state index contributed by atoms with van der Waals surface area (Å²) in [4.78, 5) is 0. The molecule has 0 bridgehead atoms. The monoisotopic (exact) mass is 280 g/mol. The van der Waals surface area contributed by atoms with Gasteiger partial charge in [-0.05, 0) is 23.1 Å². The van der Waals surface area contributed by atoms with E-state index < -0.39 is 0 Å². The Hall–Kier alpha value is -2.68. The summed E-state index contributed by atoms with van der Waals surface area (Å²) in [6.07, 6.45) is 0. The molecule has 0 aliphatic rings. The largest absolute Gasteiger partial charge is 0.507 e. The molecule has 0 aromatic heterocycles. The predicted octanol–water partition coefficient (Wildman–Crippen LogP) is 4.23. The third-order valence-electron chi connectivity index (χ3n) is 3.59. The van der Waals surface area contributed by atoms with Gasteiger partial charge in [0.2, 0.25) is 0 Å². The molecule has 3 nitrogen and oxygen atoms in total. The van der Waals surface area contributed by atoms with Crippen molar-refractivity contribution in [3.63, 3.8) is 0 Å². The maximum atomic E-state index is 10.0. The van der Waals surface area contributed by atoms with Crippen molar-refractivity contribution in [2.75, 3.05) is 14.2 Å². The van der Waals surface area contributed by atoms with Crippen LogP contribution in [-0.4, -0.2) is 19.3 Å². The van der Waals surface area contributed by atoms with Crippen LogP contribution in [0.15, 0.2) is 54.6 Å². The highest BCUT2D eigenvalue weighted by Crippen LogP contribution is 2.41. The zero-order valence-corrected chi connectivity index (χ0v) is 12.0. The summed E-state index contributed by atoms with van der Waals surface area (Å²) in [5, 5.41) is 11.8. The number of phenols is 1. The number of aromatic hydroxyl groups is 1. The zero-order valence-electron chi connectivity index (χ0n) is 12.0. The number of rotatable bonds is 3. The highest BCUT2D eigenvalue weighted by atomic mass is 16.5. The second-order valence-electron chi connectivity index (χ2n) is 4.72. The van der Waals surface area contributed by atoms with E-state index in [0.717, 1.165) is 21.9 Å². The predicted molar refractivity (Wildman–Crippen MR) is 84.2 cm³/mol. The Bertz CT molecular complexity index is 794. The molecule has 0 aliphatic heterocycles. The lowest BCUT2D eigenvalue weighted by Gasteiger charge is -2.14. The quantitative estimate of drug-likeness (QED) is 0.780. The van der Waals surface area contributed by atoms with E-state index in [1.54, 1.807) is 20.3 Å². The van der Waals surface area contributed by atoms with Gasteiger partial charge in [0, 0.05) is 10.9 Å². The lowest BCUT2D eigenvalue weighted by atomic mass is 9.97. The minimum atomic E-state index is 0.274. The van der Waals surface area contributed by atoms with Crippen LogP contribution in [0, 0.1) is 0 Å². The van der Waals surface area contributed by atoms with Crippen molar-refractivity contribution < 1.29 is 14.6 Å². The number of ether oxygens (including phenoxy) is 2. The molecule has 0 spiro atoms. The Morgan fingerprint density at radius 2 is 1.38 bits per heavy atom. The Labute approximate surface area is 123 Å². The molecule has 0 aliphatic carbocycles. The van der Waals surface area contributed by atoms with Crippen LogP contribution in [0.2, 0.25) is 0 Å². The topological polar surface area (TPSA) is 38.7 Å². The normalized spacial score (nSPS) is 10.6. The van der Waals surface area contributed by atoms with Gasteiger partial charge in [0.25, 0.3) is 0 Å². The van der Waals surface area contributed by atoms with Gasteiger partial charge in [0.1, 0.15) is 5.75 Å². The standard InChI is InChI=1S/C18H16O3/c1-20-17-11-5-9-15(18(17)21-2)13-6-3-8-14-12(13)7-4-10-16(14)19/h3-11,19H,1-2H3. The average molecular weight is 280 g/mol. The fourth-order valence-corrected chi connectivity index (χ4v) is 2.63. The summed E-state index contributed by atoms with van der Waals surface area (Å²) >= 11 is 0. The number of benzene rings is 3. The fraction of sp³-hybridized carbons (Fsp3) is 0.111. The first-order chi connectivity index (χ1) is 10.3. The Kier molecular flexibility index (Phi) is 3.40. The van der Waals surface area contributed by atoms with E-state index in [9.17, 15) is 5.11 Å². The highest BCUT2D eigenvalue weighted by Gasteiger charge is 2.14. The van der Waals surface area contributed by atoms with Gasteiger partial charge in [-0.3, -0.25) is 0 Å². The first kappa shape index (κ1) is 13.3. The van der Waals surface area contributed by atoms with Gasteiger partial charge < -0.3 is 14.6 Å². The summed E-state index contributed by atoms with van der Waals surface area (Å²) in [6.45, 7) is 0. The van der Waals surface area contributed by atoms with E-state index in [-0.39, 0.29) is 5.75 Å². The van der Waals surface area contributed by atoms with Crippen LogP contribution in [0.1, 0.15) is 0 Å². The molecule has 0 saturated carbocycles. The van der Waals surface area contributed by atoms with Crippen LogP contribution in [0.5, 0.6) is 17.2 Å². The molecule has 0 unspecified atom stereocenters. The van der Waals surface area contributed by atoms with Crippen molar-refractivity contribution in [3.8, 4) is 28.4 Å². The summed E-state index contributed by atoms with van der Waals surface area (Å²) in [6, 6.07) is 17.1. The zero-order chi connectivity index (χ0) is 14.8. The van der Waals surface area contributed by atoms with Crippen molar-refractivity contribution in [3.05, 3.63) is 54.6 Å². The van der Waals surface area contributed by atoms with Crippen LogP contribution in [-0.2, 0) is 0 Å². The maximum Gasteiger partial charge on any atom is 0.168 e. The minimum absolute atomic E-state index is 0.274. The molecule has 1 N–H and O–H groups in total. The molecule has 0 radical (unpaired) electrons. The van der Waals surface area contributed by atoms with Crippen LogP contribution in [0.25, 0.3) is 21.9 Å². The number of para-hydroxylation sites is 1. The van der Waals surface area contributed by atoms with Crippen molar-refractivity contribution in [2.24, 2.45) is 0 Å². The van der Waals surface area contributed by atoms with E-state index in [1.165, 1.54) is 0 Å². The molecule has 0 fully saturated rings. The molecule has 3 heteroatoms. The lowest BCUT2D eigenvalue weighted by molar-refractivity contribution is 0.356. The molecular formula is C18H16O3. The number of hydrogen-bond donors (Lipinski definition) is 1. The van der Waals surface area contributed by atoms with Crippen LogP contribution >= 0.6 is 0 Å². The molecule has 3 aromatic carbocycles. The molecule has 0 saturated heterocycles. The van der Waals surface area contributed by atoms with Gasteiger partial charge in [0.15, 0.2) is 11.5 Å². The second-order valence-corrected chi connectivity index (χ2v) is 4.72. The minimum Gasteiger partial charge on any atom is -0.507 e. The third-order valence-corrected chi connectivity index (χ3v) is 3.59. The summed E-state index contributed by atoms with van der Waals surface area (Å²) in [5.41, 5.74) is 1.94. The van der Waals surface area contributed by atoms with E-state index >= 15 is 0 Å². The van der Waals surface area contributed by atoms with E-state index in [1.807, 2.05) is 48.5 Å². The van der Waals surface area contributed by atoms with E-state index in [4.69, 9.17) is 9.47 Å². The Morgan fingerprint density at radius 3 is 2.14 bits per heavy atom. The van der Waals surface area contributed by atoms with Crippen molar-refractivity contribution in [2.45, 2.75) is 0 Å². The fourth-order valence-electron chi connectivity index (χ4n) is 2.63. The summed E-state index contributed by atoms with van der Waals surface area (Å²) in [5.74, 6) is 1.65. The number of hydrogen-bond acceptors (Lipinski definition) is 3. The van der Waals surface area contributed by atoms with Gasteiger partial charge in [0.05, 0.1) is 14.2 Å². The first-order valence-corrected chi connectivity index (χ1v) is 6.68. The summed E-state index contributed by atoms with van der Waals surface area (Å²) < 4.78 is 10.9. The van der Waals surface area contributed by atoms with Crippen LogP contribution in [0.3, 0.4) is 0 Å². The SMILES string of the molecule is COc1cccc(-c2cccc3c(O)cccc23)c1OC. The maximum absolute atomic E-state index is 10.0. The number of phenolic OH excluding ortho intramolecular Hbond substituents is 1. The Balaban J connectivity index is 2.34. The second kappa shape index (κ2) is 5.37. The average Bonchev–Trinajstić information content (AvgIpc) is 2.54. The molecule has 21 heavy (non-hydrogen) atoms. The van der Waals surface area contributed by atoms with Gasteiger partial charge in [-0.25, -0.2) is 0 Å². The van der Waals surface area contributed by atoms with E-state index in [0.29, 0.717) is 11.5 Å². The molecule has 0 amide bonds. The van der Waals surface area contributed by atoms with E-state index in [2.05, 4.69) is 0 Å². The molecule has 3 aromatic rings. The van der Waals surface area contributed by atoms with Gasteiger partial charge in [-0.15, -0.1) is 0 Å². The molecule has 0 heterocycles. The molecule has 106 valence electrons. The molecular weight excluding hydrogens is 264 g/mol. The van der Waals surface area contributed by atoms with Crippen LogP contribution in [0.4, 0.5) is 0 Å². The summed E-state index contributed by atoms with van der Waals surface area (Å²) in [7, 11) is 3.25. The molecule has 3 rings (SSSR count). The first-order valence-electron chi connectivity index (χ1n) is 6.68. The van der Waals surface area contributed by atoms with Gasteiger partial charge in [-0.2, -0.15) is 0 Å². The lowest BCUT2D eigenvalue weighted by Crippen LogP contribution is -1.93. The Morgan fingerprint density at radius 1 is 0.714 bits per heavy atom. The number of fused-ring (bicyclic) bond motifs is 1. The van der Waals surface area contributed by atoms with Crippen LogP contribution < -0.4 is 9.47 Å². The third kappa shape index (κ3) is 2.17. The van der Waals surface area contributed by atoms with Crippen molar-refractivity contribution in [1.82, 2.24) is 0 Å². The van der Waals surface area contributed by atoms with Crippen molar-refractivity contribution >= 4 is 10.8 Å². The van der Waals surface area contributed by atoms with Gasteiger partial charge >= 0.3 is 0 Å². The highest BCUT2D eigenvalue weighted by molar-refractivity contribution is 6.01. The molecule has 0 atom stereocenters. The number of methoxy groups -OCH3 is 2. The smallest absolute Gasteiger partial charge is 0.168 e.